The Kier molecular flexibility index (Phi) is 7.18. The largest absolute Gasteiger partial charge is 0.316 e. The van der Waals surface area contributed by atoms with Gasteiger partial charge in [-0.1, -0.05) is 105 Å². The number of hydrogen-bond donors (Lipinski definition) is 0. The van der Waals surface area contributed by atoms with Crippen molar-refractivity contribution in [2.24, 2.45) is 5.41 Å². The Balaban J connectivity index is 1.20. The average molecular weight is 673 g/mol. The van der Waals surface area contributed by atoms with Gasteiger partial charge >= 0.3 is 0 Å². The van der Waals surface area contributed by atoms with E-state index in [1.54, 1.807) is 11.1 Å². The first-order valence-electron chi connectivity index (χ1n) is 19.1. The Morgan fingerprint density at radius 1 is 0.712 bits per heavy atom. The number of allylic oxidation sites excluding steroid dienone is 9. The molecule has 4 aliphatic carbocycles. The Morgan fingerprint density at radius 2 is 1.50 bits per heavy atom. The van der Waals surface area contributed by atoms with Gasteiger partial charge < -0.3 is 9.47 Å². The fraction of sp³-hybridized carbons (Fsp3) is 0.200. The van der Waals surface area contributed by atoms with Gasteiger partial charge in [0.05, 0.1) is 16.7 Å². The number of benzene rings is 5. The molecule has 0 saturated carbocycles. The Hall–Kier alpha value is -5.60. The molecule has 6 aromatic rings. The Labute approximate surface area is 307 Å². The zero-order valence-corrected chi connectivity index (χ0v) is 30.3. The second-order valence-corrected chi connectivity index (χ2v) is 15.4. The van der Waals surface area contributed by atoms with Crippen LogP contribution in [0.25, 0.3) is 44.9 Å². The maximum absolute atomic E-state index is 4.25. The summed E-state index contributed by atoms with van der Waals surface area (Å²) >= 11 is 0. The van der Waals surface area contributed by atoms with Crippen LogP contribution < -0.4 is 4.90 Å². The Bertz CT molecular complexity index is 2630. The van der Waals surface area contributed by atoms with Gasteiger partial charge in [0.1, 0.15) is 0 Å². The molecule has 0 bridgehead atoms. The summed E-state index contributed by atoms with van der Waals surface area (Å²) in [5, 5.41) is 5.40. The molecular weight excluding hydrogens is 629 g/mol. The van der Waals surface area contributed by atoms with Crippen molar-refractivity contribution in [1.82, 2.24) is 4.57 Å². The summed E-state index contributed by atoms with van der Waals surface area (Å²) in [5.74, 6) is 0. The number of aryl methyl sites for hydroxylation is 2. The lowest BCUT2D eigenvalue weighted by atomic mass is 9.78. The third-order valence-corrected chi connectivity index (χ3v) is 12.4. The summed E-state index contributed by atoms with van der Waals surface area (Å²) in [6.07, 6.45) is 24.2. The highest BCUT2D eigenvalue weighted by atomic mass is 15.1. The summed E-state index contributed by atoms with van der Waals surface area (Å²) < 4.78 is 2.41. The van der Waals surface area contributed by atoms with E-state index in [4.69, 9.17) is 0 Å². The lowest BCUT2D eigenvalue weighted by Crippen LogP contribution is -2.14. The number of rotatable bonds is 6. The second kappa shape index (κ2) is 12.0. The van der Waals surface area contributed by atoms with E-state index in [1.807, 2.05) is 0 Å². The molecule has 52 heavy (non-hydrogen) atoms. The molecule has 0 unspecified atom stereocenters. The van der Waals surface area contributed by atoms with Crippen LogP contribution in [0.3, 0.4) is 0 Å². The molecule has 0 fully saturated rings. The molecule has 0 spiro atoms. The molecule has 0 amide bonds. The molecule has 254 valence electrons. The summed E-state index contributed by atoms with van der Waals surface area (Å²) in [5.41, 5.74) is 17.6. The number of para-hydroxylation sites is 2. The zero-order chi connectivity index (χ0) is 35.0. The standard InChI is InChI=1S/C50H44N2/c1-4-35-39-23-14-25-44(39)50(2,3)45(35)30-31-51-46-26-13-12-21-40(46)41-29-28-34(32-48(41)51)52(33-16-6-5-7-17-33)47-27-15-24-43-38-19-9-8-18-36(38)37-20-10-11-22-42(37)49(43)47/h4-7,10,12-17,20-21,23-24,26-32H,1,8-9,11,18-19,22,25H2,2-3H3/b31-30-. The molecule has 0 N–H and O–H groups in total. The molecule has 0 aliphatic heterocycles. The molecule has 0 atom stereocenters. The smallest absolute Gasteiger partial charge is 0.0555 e. The van der Waals surface area contributed by atoms with Crippen molar-refractivity contribution in [3.8, 4) is 0 Å². The van der Waals surface area contributed by atoms with Crippen molar-refractivity contribution in [2.75, 3.05) is 4.90 Å². The monoisotopic (exact) mass is 672 g/mol. The highest BCUT2D eigenvalue weighted by Gasteiger charge is 2.38. The number of nitrogens with zero attached hydrogens (tertiary/aromatic N) is 2. The van der Waals surface area contributed by atoms with Gasteiger partial charge in [0.25, 0.3) is 0 Å². The van der Waals surface area contributed by atoms with Gasteiger partial charge in [-0.25, -0.2) is 0 Å². The van der Waals surface area contributed by atoms with Crippen molar-refractivity contribution in [2.45, 2.75) is 58.8 Å². The van der Waals surface area contributed by atoms with Crippen molar-refractivity contribution >= 4 is 61.9 Å². The minimum Gasteiger partial charge on any atom is -0.316 e. The maximum Gasteiger partial charge on any atom is 0.0555 e. The van der Waals surface area contributed by atoms with Gasteiger partial charge in [-0.2, -0.15) is 0 Å². The number of fused-ring (bicyclic) bond motifs is 9. The third kappa shape index (κ3) is 4.56. The molecule has 1 heterocycles. The summed E-state index contributed by atoms with van der Waals surface area (Å²) in [7, 11) is 0. The van der Waals surface area contributed by atoms with Crippen LogP contribution in [-0.4, -0.2) is 4.57 Å². The van der Waals surface area contributed by atoms with Crippen LogP contribution >= 0.6 is 0 Å². The second-order valence-electron chi connectivity index (χ2n) is 15.4. The van der Waals surface area contributed by atoms with E-state index in [9.17, 15) is 0 Å². The van der Waals surface area contributed by atoms with Crippen LogP contribution in [0.15, 0.2) is 150 Å². The Morgan fingerprint density at radius 3 is 2.37 bits per heavy atom. The lowest BCUT2D eigenvalue weighted by molar-refractivity contribution is 0.552. The number of hydrogen-bond acceptors (Lipinski definition) is 1. The predicted molar refractivity (Wildman–Crippen MR) is 223 cm³/mol. The van der Waals surface area contributed by atoms with Crippen molar-refractivity contribution in [1.29, 1.82) is 0 Å². The molecule has 5 aromatic carbocycles. The van der Waals surface area contributed by atoms with E-state index < -0.39 is 0 Å². The topological polar surface area (TPSA) is 8.17 Å². The van der Waals surface area contributed by atoms with Crippen molar-refractivity contribution in [3.63, 3.8) is 0 Å². The maximum atomic E-state index is 4.25. The fourth-order valence-corrected chi connectivity index (χ4v) is 9.95. The first-order valence-corrected chi connectivity index (χ1v) is 19.1. The SMILES string of the molecule is C=CC1=C(/C=C\n2c3ccccc3c3ccc(N(c4ccccc4)c4cccc5c6c(c7c(c45)CCC=C7)CCCC6)cc32)C(C)(C)C2=C1C=CC2. The van der Waals surface area contributed by atoms with Crippen LogP contribution in [0.4, 0.5) is 17.1 Å². The van der Waals surface area contributed by atoms with E-state index in [-0.39, 0.29) is 5.41 Å². The summed E-state index contributed by atoms with van der Waals surface area (Å²) in [4.78, 5) is 2.51. The van der Waals surface area contributed by atoms with Gasteiger partial charge in [0.2, 0.25) is 0 Å². The molecule has 2 heteroatoms. The summed E-state index contributed by atoms with van der Waals surface area (Å²) in [6, 6.07) is 33.9. The van der Waals surface area contributed by atoms with Gasteiger partial charge in [-0.15, -0.1) is 0 Å². The van der Waals surface area contributed by atoms with Crippen LogP contribution in [-0.2, 0) is 19.3 Å². The minimum absolute atomic E-state index is 0.0469. The van der Waals surface area contributed by atoms with E-state index >= 15 is 0 Å². The molecule has 0 saturated heterocycles. The van der Waals surface area contributed by atoms with E-state index in [0.717, 1.165) is 25.7 Å². The molecule has 1 aromatic heterocycles. The van der Waals surface area contributed by atoms with E-state index in [1.165, 1.54) is 102 Å². The van der Waals surface area contributed by atoms with Gasteiger partial charge in [0.15, 0.2) is 0 Å². The molecule has 10 rings (SSSR count). The molecule has 4 aliphatic rings. The highest BCUT2D eigenvalue weighted by molar-refractivity contribution is 6.11. The minimum atomic E-state index is -0.0469. The van der Waals surface area contributed by atoms with Gasteiger partial charge in [-0.3, -0.25) is 0 Å². The third-order valence-electron chi connectivity index (χ3n) is 12.4. The molecule has 0 radical (unpaired) electrons. The highest BCUT2D eigenvalue weighted by Crippen LogP contribution is 2.52. The predicted octanol–water partition coefficient (Wildman–Crippen LogP) is 13.5. The normalized spacial score (nSPS) is 17.5. The van der Waals surface area contributed by atoms with Crippen LogP contribution in [0.1, 0.15) is 61.8 Å². The first-order chi connectivity index (χ1) is 25.5. The lowest BCUT2D eigenvalue weighted by Gasteiger charge is -2.31. The van der Waals surface area contributed by atoms with E-state index in [0.29, 0.717) is 0 Å². The van der Waals surface area contributed by atoms with Crippen LogP contribution in [0.5, 0.6) is 0 Å². The van der Waals surface area contributed by atoms with Crippen molar-refractivity contribution < 1.29 is 0 Å². The zero-order valence-electron chi connectivity index (χ0n) is 30.3. The van der Waals surface area contributed by atoms with Crippen molar-refractivity contribution in [3.05, 3.63) is 173 Å². The molecule has 2 nitrogen and oxygen atoms in total. The van der Waals surface area contributed by atoms with E-state index in [2.05, 4.69) is 164 Å². The van der Waals surface area contributed by atoms with Crippen LogP contribution in [0.2, 0.25) is 0 Å². The quantitative estimate of drug-likeness (QED) is 0.171. The number of aromatic nitrogens is 1. The van der Waals surface area contributed by atoms with Gasteiger partial charge in [0, 0.05) is 39.1 Å². The van der Waals surface area contributed by atoms with Crippen LogP contribution in [0, 0.1) is 5.41 Å². The fourth-order valence-electron chi connectivity index (χ4n) is 9.95. The molecular formula is C50H44N2. The van der Waals surface area contributed by atoms with Gasteiger partial charge in [-0.05, 0) is 137 Å². The first kappa shape index (κ1) is 31.2. The average Bonchev–Trinajstić information content (AvgIpc) is 3.86. The number of anilines is 3. The summed E-state index contributed by atoms with van der Waals surface area (Å²) in [6.45, 7) is 8.98.